The van der Waals surface area contributed by atoms with Gasteiger partial charge in [0.25, 0.3) is 0 Å². The highest BCUT2D eigenvalue weighted by Crippen LogP contribution is 2.26. The smallest absolute Gasteiger partial charge is 0.183 e. The molecule has 0 aliphatic carbocycles. The van der Waals surface area contributed by atoms with Gasteiger partial charge in [0.05, 0.1) is 18.7 Å². The molecule has 0 aromatic heterocycles. The summed E-state index contributed by atoms with van der Waals surface area (Å²) >= 11 is 3.30. The molecule has 0 spiro atoms. The fraction of sp³-hybridized carbons (Fsp3) is 0.333. The highest BCUT2D eigenvalue weighted by Gasteiger charge is 2.21. The molecule has 0 radical (unpaired) electrons. The second-order valence-corrected chi connectivity index (χ2v) is 4.21. The zero-order valence-electron chi connectivity index (χ0n) is 9.16. The molecule has 0 saturated carbocycles. The van der Waals surface area contributed by atoms with E-state index in [-0.39, 0.29) is 5.78 Å². The first-order chi connectivity index (χ1) is 7.63. The van der Waals surface area contributed by atoms with Gasteiger partial charge in [0, 0.05) is 4.47 Å². The van der Waals surface area contributed by atoms with Gasteiger partial charge in [-0.3, -0.25) is 4.79 Å². The van der Waals surface area contributed by atoms with Crippen LogP contribution in [0.25, 0.3) is 0 Å². The number of hydrogen-bond acceptors (Lipinski definition) is 3. The number of Topliss-reactive ketones (excluding diaryl/α,β-unsaturated/α-hetero) is 1. The minimum absolute atomic E-state index is 0.186. The van der Waals surface area contributed by atoms with Gasteiger partial charge in [-0.1, -0.05) is 22.9 Å². The van der Waals surface area contributed by atoms with Gasteiger partial charge in [0.15, 0.2) is 5.78 Å². The molecule has 0 N–H and O–H groups in total. The Hall–Kier alpha value is -1.34. The van der Waals surface area contributed by atoms with Crippen LogP contribution in [0.5, 0.6) is 5.75 Å². The van der Waals surface area contributed by atoms with Crippen LogP contribution < -0.4 is 4.74 Å². The highest BCUT2D eigenvalue weighted by atomic mass is 79.9. The second kappa shape index (κ2) is 5.66. The van der Waals surface area contributed by atoms with Crippen molar-refractivity contribution < 1.29 is 9.53 Å². The van der Waals surface area contributed by atoms with Crippen LogP contribution in [0.3, 0.4) is 0 Å². The molecule has 0 aliphatic rings. The molecule has 1 aromatic rings. The topological polar surface area (TPSA) is 50.1 Å². The molecule has 0 saturated heterocycles. The number of carbonyl (C=O) groups is 1. The number of methoxy groups -OCH3 is 1. The number of carbonyl (C=O) groups excluding carboxylic acids is 1. The molecule has 4 heteroatoms. The molecule has 0 amide bonds. The molecule has 1 atom stereocenters. The van der Waals surface area contributed by atoms with E-state index in [9.17, 15) is 4.79 Å². The summed E-state index contributed by atoms with van der Waals surface area (Å²) in [5, 5.41) is 8.86. The van der Waals surface area contributed by atoms with Crippen LogP contribution in [0.15, 0.2) is 22.7 Å². The predicted octanol–water partition coefficient (Wildman–Crippen LogP) is 3.19. The molecule has 1 aromatic carbocycles. The first kappa shape index (κ1) is 12.7. The lowest BCUT2D eigenvalue weighted by Gasteiger charge is -2.10. The number of hydrogen-bond donors (Lipinski definition) is 0. The van der Waals surface area contributed by atoms with E-state index in [0.29, 0.717) is 17.7 Å². The third-order valence-electron chi connectivity index (χ3n) is 2.31. The van der Waals surface area contributed by atoms with Crippen molar-refractivity contribution >= 4 is 21.7 Å². The monoisotopic (exact) mass is 281 g/mol. The molecule has 0 bridgehead atoms. The number of halogens is 1. The van der Waals surface area contributed by atoms with Crippen molar-refractivity contribution in [2.75, 3.05) is 7.11 Å². The summed E-state index contributed by atoms with van der Waals surface area (Å²) in [6, 6.07) is 7.15. The Morgan fingerprint density at radius 3 is 2.81 bits per heavy atom. The lowest BCUT2D eigenvalue weighted by molar-refractivity contribution is 0.0943. The molecule has 84 valence electrons. The number of nitrogens with zero attached hydrogens (tertiary/aromatic N) is 1. The molecular formula is C12H12BrNO2. The largest absolute Gasteiger partial charge is 0.496 e. The average Bonchev–Trinajstić information content (AvgIpc) is 2.30. The Bertz CT molecular complexity index is 437. The van der Waals surface area contributed by atoms with E-state index in [1.54, 1.807) is 18.2 Å². The molecule has 1 unspecified atom stereocenters. The summed E-state index contributed by atoms with van der Waals surface area (Å²) in [4.78, 5) is 12.0. The van der Waals surface area contributed by atoms with Gasteiger partial charge < -0.3 is 4.74 Å². The molecule has 1 rings (SSSR count). The van der Waals surface area contributed by atoms with Gasteiger partial charge in [-0.15, -0.1) is 0 Å². The van der Waals surface area contributed by atoms with Crippen LogP contribution >= 0.6 is 15.9 Å². The highest BCUT2D eigenvalue weighted by molar-refractivity contribution is 9.10. The Morgan fingerprint density at radius 1 is 1.62 bits per heavy atom. The van der Waals surface area contributed by atoms with Crippen molar-refractivity contribution in [2.45, 2.75) is 13.3 Å². The maximum Gasteiger partial charge on any atom is 0.183 e. The number of ketones is 1. The van der Waals surface area contributed by atoms with Crippen LogP contribution in [0.4, 0.5) is 0 Å². The summed E-state index contributed by atoms with van der Waals surface area (Å²) in [6.45, 7) is 1.82. The third kappa shape index (κ3) is 2.61. The number of ether oxygens (including phenoxy) is 1. The fourth-order valence-corrected chi connectivity index (χ4v) is 1.73. The zero-order valence-corrected chi connectivity index (χ0v) is 10.7. The Morgan fingerprint density at radius 2 is 2.31 bits per heavy atom. The second-order valence-electron chi connectivity index (χ2n) is 3.30. The Balaban J connectivity index is 3.13. The molecule has 0 fully saturated rings. The van der Waals surface area contributed by atoms with Gasteiger partial charge in [-0.25, -0.2) is 0 Å². The van der Waals surface area contributed by atoms with Crippen LogP contribution in [0, 0.1) is 17.2 Å². The normalized spacial score (nSPS) is 11.6. The summed E-state index contributed by atoms with van der Waals surface area (Å²) in [6.07, 6.45) is 0.508. The Kier molecular flexibility index (Phi) is 4.51. The number of nitriles is 1. The van der Waals surface area contributed by atoms with Gasteiger partial charge in [0.2, 0.25) is 0 Å². The van der Waals surface area contributed by atoms with Crippen molar-refractivity contribution in [3.8, 4) is 11.8 Å². The van der Waals surface area contributed by atoms with Crippen molar-refractivity contribution in [3.63, 3.8) is 0 Å². The summed E-state index contributed by atoms with van der Waals surface area (Å²) < 4.78 is 5.97. The lowest BCUT2D eigenvalue weighted by atomic mass is 9.96. The minimum Gasteiger partial charge on any atom is -0.496 e. The van der Waals surface area contributed by atoms with Gasteiger partial charge in [-0.05, 0) is 24.6 Å². The Labute approximate surface area is 103 Å². The molecule has 0 heterocycles. The maximum atomic E-state index is 12.0. The van der Waals surface area contributed by atoms with Gasteiger partial charge in [-0.2, -0.15) is 5.26 Å². The zero-order chi connectivity index (χ0) is 12.1. The standard InChI is InChI=1S/C12H12BrNO2/c1-3-8(7-14)12(15)10-5-4-9(13)6-11(10)16-2/h4-6,8H,3H2,1-2H3. The SMILES string of the molecule is CCC(C#N)C(=O)c1ccc(Br)cc1OC. The molecular weight excluding hydrogens is 270 g/mol. The maximum absolute atomic E-state index is 12.0. The van der Waals surface area contributed by atoms with Crippen molar-refractivity contribution in [2.24, 2.45) is 5.92 Å². The molecule has 16 heavy (non-hydrogen) atoms. The van der Waals surface area contributed by atoms with Crippen LogP contribution in [0.2, 0.25) is 0 Å². The number of benzene rings is 1. The lowest BCUT2D eigenvalue weighted by Crippen LogP contribution is -2.13. The number of rotatable bonds is 4. The van der Waals surface area contributed by atoms with E-state index < -0.39 is 5.92 Å². The first-order valence-electron chi connectivity index (χ1n) is 4.91. The van der Waals surface area contributed by atoms with Gasteiger partial charge >= 0.3 is 0 Å². The van der Waals surface area contributed by atoms with E-state index in [1.807, 2.05) is 13.0 Å². The minimum atomic E-state index is -0.602. The third-order valence-corrected chi connectivity index (χ3v) is 2.80. The van der Waals surface area contributed by atoms with Crippen molar-refractivity contribution in [3.05, 3.63) is 28.2 Å². The quantitative estimate of drug-likeness (QED) is 0.797. The van der Waals surface area contributed by atoms with Gasteiger partial charge in [0.1, 0.15) is 11.7 Å². The fourth-order valence-electron chi connectivity index (χ4n) is 1.39. The van der Waals surface area contributed by atoms with E-state index in [0.717, 1.165) is 4.47 Å². The molecule has 3 nitrogen and oxygen atoms in total. The summed E-state index contributed by atoms with van der Waals surface area (Å²) in [7, 11) is 1.51. The van der Waals surface area contributed by atoms with Crippen LogP contribution in [0.1, 0.15) is 23.7 Å². The molecule has 0 aliphatic heterocycles. The van der Waals surface area contributed by atoms with Crippen molar-refractivity contribution in [1.82, 2.24) is 0 Å². The summed E-state index contributed by atoms with van der Waals surface area (Å²) in [5.74, 6) is -0.294. The van der Waals surface area contributed by atoms with Crippen LogP contribution in [-0.4, -0.2) is 12.9 Å². The van der Waals surface area contributed by atoms with Crippen LogP contribution in [-0.2, 0) is 0 Å². The van der Waals surface area contributed by atoms with E-state index >= 15 is 0 Å². The predicted molar refractivity (Wildman–Crippen MR) is 64.4 cm³/mol. The summed E-state index contributed by atoms with van der Waals surface area (Å²) in [5.41, 5.74) is 0.458. The van der Waals surface area contributed by atoms with E-state index in [1.165, 1.54) is 7.11 Å². The van der Waals surface area contributed by atoms with E-state index in [4.69, 9.17) is 10.00 Å². The average molecular weight is 282 g/mol. The van der Waals surface area contributed by atoms with E-state index in [2.05, 4.69) is 15.9 Å². The first-order valence-corrected chi connectivity index (χ1v) is 5.70. The van der Waals surface area contributed by atoms with Crippen molar-refractivity contribution in [1.29, 1.82) is 5.26 Å².